The van der Waals surface area contributed by atoms with Gasteiger partial charge in [-0.15, -0.1) is 0 Å². The SMILES string of the molecule is COc1ccc(OC)c([C@H]2Nc3ccc(Br)cc3C(=O)N2c2cccc(F)c2)c1. The fraction of sp³-hybridized carbons (Fsp3) is 0.136. The number of fused-ring (bicyclic) bond motifs is 1. The normalized spacial score (nSPS) is 15.5. The van der Waals surface area contributed by atoms with E-state index in [1.54, 1.807) is 50.6 Å². The van der Waals surface area contributed by atoms with Gasteiger partial charge in [-0.1, -0.05) is 22.0 Å². The first kappa shape index (κ1) is 19.3. The van der Waals surface area contributed by atoms with Crippen LogP contribution in [0.5, 0.6) is 11.5 Å². The van der Waals surface area contributed by atoms with Crippen molar-refractivity contribution in [3.8, 4) is 11.5 Å². The van der Waals surface area contributed by atoms with Crippen molar-refractivity contribution < 1.29 is 18.7 Å². The molecular weight excluding hydrogens is 439 g/mol. The van der Waals surface area contributed by atoms with Gasteiger partial charge in [-0.25, -0.2) is 4.39 Å². The average Bonchev–Trinajstić information content (AvgIpc) is 2.73. The monoisotopic (exact) mass is 456 g/mol. The molecule has 1 aliphatic rings. The largest absolute Gasteiger partial charge is 0.497 e. The number of rotatable bonds is 4. The number of benzene rings is 3. The van der Waals surface area contributed by atoms with Crippen molar-refractivity contribution >= 4 is 33.2 Å². The molecule has 5 nitrogen and oxygen atoms in total. The first-order valence-corrected chi connectivity index (χ1v) is 9.68. The molecule has 1 N–H and O–H groups in total. The second-order valence-corrected chi connectivity index (χ2v) is 7.42. The summed E-state index contributed by atoms with van der Waals surface area (Å²) in [5.41, 5.74) is 2.29. The highest BCUT2D eigenvalue weighted by atomic mass is 79.9. The number of nitrogens with zero attached hydrogens (tertiary/aromatic N) is 1. The maximum Gasteiger partial charge on any atom is 0.262 e. The first-order chi connectivity index (χ1) is 14.0. The van der Waals surface area contributed by atoms with Gasteiger partial charge in [-0.3, -0.25) is 9.69 Å². The maximum atomic E-state index is 14.0. The lowest BCUT2D eigenvalue weighted by atomic mass is 10.0. The van der Waals surface area contributed by atoms with Crippen molar-refractivity contribution in [3.63, 3.8) is 0 Å². The molecule has 0 aliphatic carbocycles. The fourth-order valence-electron chi connectivity index (χ4n) is 3.44. The van der Waals surface area contributed by atoms with Crippen LogP contribution in [0.25, 0.3) is 0 Å². The van der Waals surface area contributed by atoms with Crippen LogP contribution in [0.1, 0.15) is 22.1 Å². The van der Waals surface area contributed by atoms with Gasteiger partial charge in [0.1, 0.15) is 23.5 Å². The van der Waals surface area contributed by atoms with Gasteiger partial charge in [-0.05, 0) is 54.6 Å². The van der Waals surface area contributed by atoms with Gasteiger partial charge < -0.3 is 14.8 Å². The zero-order valence-corrected chi connectivity index (χ0v) is 17.4. The summed E-state index contributed by atoms with van der Waals surface area (Å²) < 4.78 is 25.7. The maximum absolute atomic E-state index is 14.0. The predicted molar refractivity (Wildman–Crippen MR) is 113 cm³/mol. The Hall–Kier alpha value is -3.06. The molecule has 1 atom stereocenters. The number of ether oxygens (including phenoxy) is 2. The number of anilines is 2. The van der Waals surface area contributed by atoms with E-state index in [1.807, 2.05) is 12.1 Å². The quantitative estimate of drug-likeness (QED) is 0.572. The van der Waals surface area contributed by atoms with Crippen molar-refractivity contribution in [3.05, 3.63) is 82.1 Å². The van der Waals surface area contributed by atoms with E-state index in [2.05, 4.69) is 21.2 Å². The molecule has 3 aromatic carbocycles. The number of nitrogens with one attached hydrogen (secondary N) is 1. The number of carbonyl (C=O) groups excluding carboxylic acids is 1. The minimum absolute atomic E-state index is 0.250. The van der Waals surface area contributed by atoms with Crippen molar-refractivity contribution in [1.82, 2.24) is 0 Å². The van der Waals surface area contributed by atoms with Gasteiger partial charge >= 0.3 is 0 Å². The standard InChI is InChI=1S/C22H18BrFN2O3/c1-28-16-7-9-20(29-2)18(12-16)21-25-19-8-6-13(23)10-17(19)22(27)26(21)15-5-3-4-14(24)11-15/h3-12,21,25H,1-2H3/t21-/m0/s1. The van der Waals surface area contributed by atoms with Crippen LogP contribution in [-0.2, 0) is 0 Å². The van der Waals surface area contributed by atoms with Crippen molar-refractivity contribution in [1.29, 1.82) is 0 Å². The first-order valence-electron chi connectivity index (χ1n) is 8.89. The minimum Gasteiger partial charge on any atom is -0.497 e. The lowest BCUT2D eigenvalue weighted by molar-refractivity contribution is 0.0974. The Balaban J connectivity index is 1.93. The Morgan fingerprint density at radius 1 is 1.03 bits per heavy atom. The molecule has 1 aliphatic heterocycles. The lowest BCUT2D eigenvalue weighted by Gasteiger charge is -2.38. The van der Waals surface area contributed by atoms with E-state index in [0.29, 0.717) is 34.0 Å². The van der Waals surface area contributed by atoms with E-state index in [1.165, 1.54) is 17.0 Å². The summed E-state index contributed by atoms with van der Waals surface area (Å²) in [6.45, 7) is 0. The molecule has 29 heavy (non-hydrogen) atoms. The summed E-state index contributed by atoms with van der Waals surface area (Å²) in [7, 11) is 3.13. The Bertz CT molecular complexity index is 1090. The lowest BCUT2D eigenvalue weighted by Crippen LogP contribution is -2.43. The Morgan fingerprint density at radius 2 is 1.86 bits per heavy atom. The third kappa shape index (κ3) is 3.53. The van der Waals surface area contributed by atoms with E-state index >= 15 is 0 Å². The smallest absolute Gasteiger partial charge is 0.262 e. The van der Waals surface area contributed by atoms with Crippen LogP contribution in [0, 0.1) is 5.82 Å². The summed E-state index contributed by atoms with van der Waals surface area (Å²) in [5, 5.41) is 3.39. The van der Waals surface area contributed by atoms with E-state index in [-0.39, 0.29) is 5.91 Å². The zero-order valence-electron chi connectivity index (χ0n) is 15.8. The number of hydrogen-bond donors (Lipinski definition) is 1. The topological polar surface area (TPSA) is 50.8 Å². The van der Waals surface area contributed by atoms with Gasteiger partial charge in [0.25, 0.3) is 5.91 Å². The van der Waals surface area contributed by atoms with Crippen LogP contribution in [0.4, 0.5) is 15.8 Å². The summed E-state index contributed by atoms with van der Waals surface area (Å²) in [5.74, 6) is 0.529. The minimum atomic E-state index is -0.622. The molecule has 0 saturated heterocycles. The molecule has 0 aromatic heterocycles. The molecule has 0 fully saturated rings. The molecule has 1 heterocycles. The molecule has 0 unspecified atom stereocenters. The number of methoxy groups -OCH3 is 2. The summed E-state index contributed by atoms with van der Waals surface area (Å²) in [6.07, 6.45) is -0.622. The van der Waals surface area contributed by atoms with E-state index in [0.717, 1.165) is 4.47 Å². The van der Waals surface area contributed by atoms with Gasteiger partial charge in [0, 0.05) is 21.4 Å². The average molecular weight is 457 g/mol. The van der Waals surface area contributed by atoms with E-state index < -0.39 is 12.0 Å². The second-order valence-electron chi connectivity index (χ2n) is 6.50. The molecule has 4 rings (SSSR count). The van der Waals surface area contributed by atoms with Crippen molar-refractivity contribution in [2.45, 2.75) is 6.17 Å². The molecule has 7 heteroatoms. The van der Waals surface area contributed by atoms with Crippen LogP contribution in [0.2, 0.25) is 0 Å². The fourth-order valence-corrected chi connectivity index (χ4v) is 3.80. The zero-order chi connectivity index (χ0) is 20.5. The van der Waals surface area contributed by atoms with Crippen LogP contribution in [-0.4, -0.2) is 20.1 Å². The van der Waals surface area contributed by atoms with Gasteiger partial charge in [0.05, 0.1) is 19.8 Å². The summed E-state index contributed by atoms with van der Waals surface area (Å²) in [6, 6.07) is 16.8. The molecular formula is C22H18BrFN2O3. The summed E-state index contributed by atoms with van der Waals surface area (Å²) in [4.78, 5) is 15.0. The molecule has 3 aromatic rings. The summed E-state index contributed by atoms with van der Waals surface area (Å²) >= 11 is 3.41. The van der Waals surface area contributed by atoms with Crippen LogP contribution < -0.4 is 19.7 Å². The van der Waals surface area contributed by atoms with Crippen LogP contribution >= 0.6 is 15.9 Å². The number of halogens is 2. The number of amides is 1. The third-order valence-electron chi connectivity index (χ3n) is 4.80. The molecule has 0 bridgehead atoms. The highest BCUT2D eigenvalue weighted by Gasteiger charge is 2.36. The van der Waals surface area contributed by atoms with Crippen LogP contribution in [0.3, 0.4) is 0 Å². The van der Waals surface area contributed by atoms with E-state index in [9.17, 15) is 9.18 Å². The van der Waals surface area contributed by atoms with Gasteiger partial charge in [-0.2, -0.15) is 0 Å². The van der Waals surface area contributed by atoms with Gasteiger partial charge in [0.15, 0.2) is 0 Å². The molecule has 0 spiro atoms. The van der Waals surface area contributed by atoms with Crippen LogP contribution in [0.15, 0.2) is 65.1 Å². The highest BCUT2D eigenvalue weighted by Crippen LogP contribution is 2.41. The third-order valence-corrected chi connectivity index (χ3v) is 5.29. The molecule has 148 valence electrons. The Labute approximate surface area is 176 Å². The predicted octanol–water partition coefficient (Wildman–Crippen LogP) is 5.38. The Morgan fingerprint density at radius 3 is 2.59 bits per heavy atom. The highest BCUT2D eigenvalue weighted by molar-refractivity contribution is 9.10. The van der Waals surface area contributed by atoms with Crippen molar-refractivity contribution in [2.24, 2.45) is 0 Å². The van der Waals surface area contributed by atoms with Crippen molar-refractivity contribution in [2.75, 3.05) is 24.4 Å². The number of hydrogen-bond acceptors (Lipinski definition) is 4. The van der Waals surface area contributed by atoms with Gasteiger partial charge in [0.2, 0.25) is 0 Å². The number of carbonyl (C=O) groups is 1. The molecule has 1 amide bonds. The Kier molecular flexibility index (Phi) is 5.15. The molecule has 0 saturated carbocycles. The molecule has 0 radical (unpaired) electrons. The second kappa shape index (κ2) is 7.75. The van der Waals surface area contributed by atoms with E-state index in [4.69, 9.17) is 9.47 Å².